The Labute approximate surface area is 220 Å². The van der Waals surface area contributed by atoms with Crippen LogP contribution in [0.1, 0.15) is 36.0 Å². The largest absolute Gasteiger partial charge is 0.309 e. The predicted octanol–water partition coefficient (Wildman–Crippen LogP) is 1.34. The van der Waals surface area contributed by atoms with Gasteiger partial charge in [0.1, 0.15) is 0 Å². The summed E-state index contributed by atoms with van der Waals surface area (Å²) in [6, 6.07) is 0. The molecule has 0 N–H and O–H groups in total. The molecule has 0 aliphatic rings. The Balaban J connectivity index is 1.49. The standard InChI is InChI=1S/C24H21N15/c1-7-34(13-25-1)22(35-8-2-26-14-35)19-31-20(23(36-9-3-27-15-36)37-10-4-28-16-37)33-21(32-19)24(38-11-5-29-17-38)39-12-6-30-18-39/h1-18,22-24H. The fraction of sp³-hybridized carbons (Fsp3) is 0.125. The van der Waals surface area contributed by atoms with Gasteiger partial charge in [0.15, 0.2) is 36.0 Å². The van der Waals surface area contributed by atoms with E-state index in [9.17, 15) is 0 Å². The van der Waals surface area contributed by atoms with Crippen LogP contribution in [0, 0.1) is 0 Å². The summed E-state index contributed by atoms with van der Waals surface area (Å²) in [5.41, 5.74) is 0. The first-order valence-electron chi connectivity index (χ1n) is 12.0. The summed E-state index contributed by atoms with van der Waals surface area (Å²) < 4.78 is 11.5. The average molecular weight is 520 g/mol. The SMILES string of the molecule is c1cn(C(c2nc(C(n3ccnc3)n3ccnc3)nc(C(n3ccnc3)n3ccnc3)n2)n2ccnc2)cn1. The van der Waals surface area contributed by atoms with Crippen molar-refractivity contribution in [3.63, 3.8) is 0 Å². The average Bonchev–Trinajstić information content (AvgIpc) is 3.80. The smallest absolute Gasteiger partial charge is 0.176 e. The fourth-order valence-electron chi connectivity index (χ4n) is 4.52. The topological polar surface area (TPSA) is 146 Å². The van der Waals surface area contributed by atoms with Gasteiger partial charge in [-0.2, -0.15) is 0 Å². The minimum Gasteiger partial charge on any atom is -0.309 e. The Bertz CT molecular complexity index is 1380. The lowest BCUT2D eigenvalue weighted by atomic mass is 10.3. The van der Waals surface area contributed by atoms with Crippen LogP contribution < -0.4 is 0 Å². The number of hydrogen-bond donors (Lipinski definition) is 0. The third-order valence-corrected chi connectivity index (χ3v) is 6.22. The quantitative estimate of drug-likeness (QED) is 0.276. The van der Waals surface area contributed by atoms with Crippen LogP contribution in [0.3, 0.4) is 0 Å². The van der Waals surface area contributed by atoms with Gasteiger partial charge in [0, 0.05) is 74.4 Å². The molecule has 0 radical (unpaired) electrons. The number of hydrogen-bond acceptors (Lipinski definition) is 9. The second-order valence-corrected chi connectivity index (χ2v) is 8.59. The highest BCUT2D eigenvalue weighted by atomic mass is 15.3. The van der Waals surface area contributed by atoms with Gasteiger partial charge in [0.2, 0.25) is 0 Å². The third-order valence-electron chi connectivity index (χ3n) is 6.22. The summed E-state index contributed by atoms with van der Waals surface area (Å²) in [5.74, 6) is 1.46. The van der Waals surface area contributed by atoms with Crippen LogP contribution in [0.5, 0.6) is 0 Å². The van der Waals surface area contributed by atoms with Crippen LogP contribution in [0.15, 0.2) is 112 Å². The lowest BCUT2D eigenvalue weighted by molar-refractivity contribution is 0.416. The minimum atomic E-state index is -0.479. The van der Waals surface area contributed by atoms with Gasteiger partial charge < -0.3 is 27.4 Å². The number of aromatic nitrogens is 15. The molecule has 0 saturated heterocycles. The van der Waals surface area contributed by atoms with Crippen LogP contribution in [-0.2, 0) is 0 Å². The molecule has 7 rings (SSSR count). The molecule has 7 heterocycles. The first-order chi connectivity index (χ1) is 19.3. The van der Waals surface area contributed by atoms with Crippen molar-refractivity contribution in [3.8, 4) is 0 Å². The fourth-order valence-corrected chi connectivity index (χ4v) is 4.52. The highest BCUT2D eigenvalue weighted by molar-refractivity contribution is 5.13. The van der Waals surface area contributed by atoms with Crippen molar-refractivity contribution in [2.45, 2.75) is 18.5 Å². The maximum Gasteiger partial charge on any atom is 0.176 e. The summed E-state index contributed by atoms with van der Waals surface area (Å²) in [6.07, 6.45) is 30.4. The number of nitrogens with zero attached hydrogens (tertiary/aromatic N) is 15. The summed E-state index contributed by atoms with van der Waals surface area (Å²) in [4.78, 5) is 40.7. The molecule has 0 amide bonds. The molecule has 0 aromatic carbocycles. The van der Waals surface area contributed by atoms with Crippen molar-refractivity contribution in [1.82, 2.24) is 72.3 Å². The van der Waals surface area contributed by atoms with Crippen LogP contribution in [-0.4, -0.2) is 72.3 Å². The zero-order chi connectivity index (χ0) is 26.0. The van der Waals surface area contributed by atoms with Gasteiger partial charge in [-0.05, 0) is 0 Å². The van der Waals surface area contributed by atoms with Crippen LogP contribution in [0.4, 0.5) is 0 Å². The van der Waals surface area contributed by atoms with Crippen molar-refractivity contribution in [2.75, 3.05) is 0 Å². The molecule has 0 bridgehead atoms. The molecule has 15 heteroatoms. The molecular formula is C24H21N15. The molecule has 7 aromatic heterocycles. The lowest BCUT2D eigenvalue weighted by Gasteiger charge is -2.25. The van der Waals surface area contributed by atoms with Crippen LogP contribution in [0.25, 0.3) is 0 Å². The Morgan fingerprint density at radius 2 is 0.538 bits per heavy atom. The van der Waals surface area contributed by atoms with Gasteiger partial charge in [-0.15, -0.1) is 0 Å². The summed E-state index contributed by atoms with van der Waals surface area (Å²) >= 11 is 0. The molecule has 7 aromatic rings. The number of imidazole rings is 6. The number of rotatable bonds is 9. The Morgan fingerprint density at radius 1 is 0.333 bits per heavy atom. The van der Waals surface area contributed by atoms with E-state index in [-0.39, 0.29) is 0 Å². The molecule has 0 saturated carbocycles. The van der Waals surface area contributed by atoms with Crippen molar-refractivity contribution in [2.24, 2.45) is 0 Å². The maximum atomic E-state index is 5.04. The summed E-state index contributed by atoms with van der Waals surface area (Å²) in [7, 11) is 0. The molecule has 0 fully saturated rings. The molecule has 0 aliphatic heterocycles. The molecular weight excluding hydrogens is 498 g/mol. The minimum absolute atomic E-state index is 0.479. The van der Waals surface area contributed by atoms with E-state index in [0.29, 0.717) is 17.5 Å². The maximum absolute atomic E-state index is 5.04. The molecule has 192 valence electrons. The van der Waals surface area contributed by atoms with E-state index < -0.39 is 18.5 Å². The Hall–Kier alpha value is -5.73. The van der Waals surface area contributed by atoms with Gasteiger partial charge in [-0.1, -0.05) is 0 Å². The van der Waals surface area contributed by atoms with E-state index in [2.05, 4.69) is 29.9 Å². The van der Waals surface area contributed by atoms with E-state index in [1.54, 1.807) is 75.1 Å². The highest BCUT2D eigenvalue weighted by Crippen LogP contribution is 2.25. The molecule has 15 nitrogen and oxygen atoms in total. The normalized spacial score (nSPS) is 11.8. The summed E-state index contributed by atoms with van der Waals surface area (Å²) in [6.45, 7) is 0. The Kier molecular flexibility index (Phi) is 5.54. The third kappa shape index (κ3) is 4.16. The van der Waals surface area contributed by atoms with E-state index >= 15 is 0 Å². The van der Waals surface area contributed by atoms with Crippen molar-refractivity contribution in [1.29, 1.82) is 0 Å². The monoisotopic (exact) mass is 519 g/mol. The predicted molar refractivity (Wildman–Crippen MR) is 134 cm³/mol. The van der Waals surface area contributed by atoms with Gasteiger partial charge in [-0.25, -0.2) is 44.9 Å². The molecule has 0 spiro atoms. The van der Waals surface area contributed by atoms with Crippen molar-refractivity contribution < 1.29 is 0 Å². The lowest BCUT2D eigenvalue weighted by Crippen LogP contribution is -2.29. The first kappa shape index (κ1) is 22.5. The molecule has 0 aliphatic carbocycles. The second-order valence-electron chi connectivity index (χ2n) is 8.59. The van der Waals surface area contributed by atoms with Crippen molar-refractivity contribution in [3.05, 3.63) is 130 Å². The van der Waals surface area contributed by atoms with E-state index in [1.165, 1.54) is 0 Å². The van der Waals surface area contributed by atoms with Gasteiger partial charge in [0.05, 0.1) is 38.0 Å². The van der Waals surface area contributed by atoms with Crippen LogP contribution >= 0.6 is 0 Å². The van der Waals surface area contributed by atoms with E-state index in [0.717, 1.165) is 0 Å². The second kappa shape index (κ2) is 9.62. The van der Waals surface area contributed by atoms with Crippen LogP contribution in [0.2, 0.25) is 0 Å². The Morgan fingerprint density at radius 3 is 0.692 bits per heavy atom. The summed E-state index contributed by atoms with van der Waals surface area (Å²) in [5, 5.41) is 0. The molecule has 0 atom stereocenters. The first-order valence-corrected chi connectivity index (χ1v) is 12.0. The van der Waals surface area contributed by atoms with Gasteiger partial charge in [-0.3, -0.25) is 0 Å². The van der Waals surface area contributed by atoms with E-state index in [1.807, 2.05) is 64.6 Å². The zero-order valence-corrected chi connectivity index (χ0v) is 20.3. The molecule has 0 unspecified atom stereocenters. The zero-order valence-electron chi connectivity index (χ0n) is 20.3. The van der Waals surface area contributed by atoms with Gasteiger partial charge >= 0.3 is 0 Å². The highest BCUT2D eigenvalue weighted by Gasteiger charge is 2.29. The van der Waals surface area contributed by atoms with E-state index in [4.69, 9.17) is 15.0 Å². The van der Waals surface area contributed by atoms with Crippen molar-refractivity contribution >= 4 is 0 Å². The molecule has 39 heavy (non-hydrogen) atoms. The van der Waals surface area contributed by atoms with Gasteiger partial charge in [0.25, 0.3) is 0 Å².